The van der Waals surface area contributed by atoms with Crippen molar-refractivity contribution in [2.45, 2.75) is 128 Å². The standard InChI is InChI=1S/C32H51N5O2/c1-2-3-20-34-31(39)35-23-27-14-16-28(17-15-27)24-37-29(38)22-32(36-30(37)33,21-26-12-8-5-9-13-26)19-18-25-10-6-4-7-11-25/h14-17,25-26H,2-13,18-24H2,1H3,(H2,33,36)(H2,34,35,39). The molecular weight excluding hydrogens is 486 g/mol. The molecule has 4 N–H and O–H groups in total. The van der Waals surface area contributed by atoms with Gasteiger partial charge in [-0.3, -0.25) is 9.69 Å². The van der Waals surface area contributed by atoms with Gasteiger partial charge in [-0.15, -0.1) is 0 Å². The molecule has 2 aliphatic carbocycles. The molecule has 0 bridgehead atoms. The van der Waals surface area contributed by atoms with Crippen molar-refractivity contribution in [2.75, 3.05) is 6.54 Å². The van der Waals surface area contributed by atoms with Crippen LogP contribution >= 0.6 is 0 Å². The summed E-state index contributed by atoms with van der Waals surface area (Å²) in [5.41, 5.74) is 8.27. The predicted octanol–water partition coefficient (Wildman–Crippen LogP) is 6.40. The minimum atomic E-state index is -0.329. The molecule has 2 fully saturated rings. The van der Waals surface area contributed by atoms with Gasteiger partial charge in [0.15, 0.2) is 5.96 Å². The molecule has 0 radical (unpaired) electrons. The van der Waals surface area contributed by atoms with E-state index in [0.717, 1.165) is 42.7 Å². The van der Waals surface area contributed by atoms with Crippen LogP contribution in [0.15, 0.2) is 29.3 Å². The quantitative estimate of drug-likeness (QED) is 0.269. The van der Waals surface area contributed by atoms with Gasteiger partial charge in [-0.25, -0.2) is 9.79 Å². The lowest BCUT2D eigenvalue weighted by Crippen LogP contribution is -2.51. The molecule has 216 valence electrons. The summed E-state index contributed by atoms with van der Waals surface area (Å²) in [6, 6.07) is 7.89. The fraction of sp³-hybridized carbons (Fsp3) is 0.719. The summed E-state index contributed by atoms with van der Waals surface area (Å²) in [4.78, 5) is 32.3. The minimum Gasteiger partial charge on any atom is -0.369 e. The van der Waals surface area contributed by atoms with Crippen LogP contribution < -0.4 is 16.4 Å². The number of carbonyl (C=O) groups excluding carboxylic acids is 2. The maximum absolute atomic E-state index is 13.6. The van der Waals surface area contributed by atoms with E-state index in [1.54, 1.807) is 4.90 Å². The normalized spacial score (nSPS) is 22.9. The van der Waals surface area contributed by atoms with Gasteiger partial charge in [-0.05, 0) is 48.6 Å². The molecule has 0 spiro atoms. The highest BCUT2D eigenvalue weighted by molar-refractivity contribution is 5.99. The molecular formula is C32H51N5O2. The number of guanidine groups is 1. The molecule has 1 aliphatic heterocycles. The predicted molar refractivity (Wildman–Crippen MR) is 158 cm³/mol. The van der Waals surface area contributed by atoms with Crippen LogP contribution in [-0.2, 0) is 17.9 Å². The Labute approximate surface area is 235 Å². The highest BCUT2D eigenvalue weighted by Gasteiger charge is 2.41. The number of benzene rings is 1. The number of unbranched alkanes of at least 4 members (excludes halogenated alkanes) is 1. The van der Waals surface area contributed by atoms with Crippen molar-refractivity contribution in [3.05, 3.63) is 35.4 Å². The average molecular weight is 538 g/mol. The smallest absolute Gasteiger partial charge is 0.315 e. The van der Waals surface area contributed by atoms with E-state index < -0.39 is 0 Å². The Morgan fingerprint density at radius 1 is 0.974 bits per heavy atom. The highest BCUT2D eigenvalue weighted by atomic mass is 16.2. The minimum absolute atomic E-state index is 0.108. The Bertz CT molecular complexity index is 950. The molecule has 0 aromatic heterocycles. The van der Waals surface area contributed by atoms with E-state index in [2.05, 4.69) is 17.6 Å². The van der Waals surface area contributed by atoms with Crippen LogP contribution in [0.5, 0.6) is 0 Å². The third-order valence-electron chi connectivity index (χ3n) is 9.18. The Balaban J connectivity index is 1.37. The fourth-order valence-electron chi connectivity index (χ4n) is 6.83. The van der Waals surface area contributed by atoms with E-state index in [4.69, 9.17) is 10.7 Å². The van der Waals surface area contributed by atoms with Crippen molar-refractivity contribution < 1.29 is 9.59 Å². The van der Waals surface area contributed by atoms with Gasteiger partial charge in [-0.2, -0.15) is 0 Å². The van der Waals surface area contributed by atoms with Gasteiger partial charge in [-0.1, -0.05) is 102 Å². The molecule has 3 aliphatic rings. The van der Waals surface area contributed by atoms with Gasteiger partial charge in [0.2, 0.25) is 5.91 Å². The van der Waals surface area contributed by atoms with Crippen LogP contribution in [0.3, 0.4) is 0 Å². The molecule has 1 atom stereocenters. The lowest BCUT2D eigenvalue weighted by molar-refractivity contribution is -0.130. The van der Waals surface area contributed by atoms with Crippen molar-refractivity contribution in [2.24, 2.45) is 22.6 Å². The van der Waals surface area contributed by atoms with E-state index in [1.165, 1.54) is 70.6 Å². The van der Waals surface area contributed by atoms with E-state index in [9.17, 15) is 9.59 Å². The van der Waals surface area contributed by atoms with Crippen molar-refractivity contribution in [3.8, 4) is 0 Å². The lowest BCUT2D eigenvalue weighted by atomic mass is 9.73. The Kier molecular flexibility index (Phi) is 11.1. The summed E-state index contributed by atoms with van der Waals surface area (Å²) >= 11 is 0. The van der Waals surface area contributed by atoms with Gasteiger partial charge in [0.25, 0.3) is 0 Å². The topological polar surface area (TPSA) is 99.8 Å². The Hall–Kier alpha value is -2.57. The number of nitrogens with two attached hydrogens (primary N) is 1. The Morgan fingerprint density at radius 2 is 1.62 bits per heavy atom. The second-order valence-electron chi connectivity index (χ2n) is 12.4. The first-order valence-electron chi connectivity index (χ1n) is 15.7. The van der Waals surface area contributed by atoms with Crippen molar-refractivity contribution in [1.82, 2.24) is 15.5 Å². The molecule has 2 saturated carbocycles. The number of nitrogens with one attached hydrogen (secondary N) is 2. The van der Waals surface area contributed by atoms with E-state index >= 15 is 0 Å². The molecule has 4 rings (SSSR count). The number of aliphatic imine (C=N–C) groups is 1. The number of urea groups is 1. The zero-order valence-corrected chi connectivity index (χ0v) is 24.2. The van der Waals surface area contributed by atoms with Crippen LogP contribution in [0, 0.1) is 11.8 Å². The number of amides is 3. The van der Waals surface area contributed by atoms with E-state index in [0.29, 0.717) is 37.9 Å². The summed E-state index contributed by atoms with van der Waals surface area (Å²) < 4.78 is 0. The molecule has 39 heavy (non-hydrogen) atoms. The van der Waals surface area contributed by atoms with Crippen LogP contribution in [0.25, 0.3) is 0 Å². The SMILES string of the molecule is CCCCNC(=O)NCc1ccc(CN2C(=O)CC(CCC3CCCCC3)(CC3CCCCC3)N=C2N)cc1. The first-order chi connectivity index (χ1) is 19.0. The summed E-state index contributed by atoms with van der Waals surface area (Å²) in [5.74, 6) is 1.94. The van der Waals surface area contributed by atoms with E-state index in [1.807, 2.05) is 24.3 Å². The highest BCUT2D eigenvalue weighted by Crippen LogP contribution is 2.41. The monoisotopic (exact) mass is 537 g/mol. The van der Waals surface area contributed by atoms with Gasteiger partial charge < -0.3 is 16.4 Å². The van der Waals surface area contributed by atoms with Gasteiger partial charge >= 0.3 is 6.03 Å². The Morgan fingerprint density at radius 3 is 2.26 bits per heavy atom. The second kappa shape index (κ2) is 14.7. The average Bonchev–Trinajstić information content (AvgIpc) is 2.95. The molecule has 1 aromatic rings. The molecule has 3 amide bonds. The number of carbonyl (C=O) groups is 2. The van der Waals surface area contributed by atoms with Crippen LogP contribution in [0.1, 0.15) is 121 Å². The summed E-state index contributed by atoms with van der Waals surface area (Å²) in [6.45, 7) is 3.69. The summed E-state index contributed by atoms with van der Waals surface area (Å²) in [7, 11) is 0. The first-order valence-corrected chi connectivity index (χ1v) is 15.7. The van der Waals surface area contributed by atoms with Crippen molar-refractivity contribution >= 4 is 17.9 Å². The first kappa shape index (κ1) is 29.4. The van der Waals surface area contributed by atoms with Crippen LogP contribution in [0.2, 0.25) is 0 Å². The van der Waals surface area contributed by atoms with Gasteiger partial charge in [0.1, 0.15) is 0 Å². The van der Waals surface area contributed by atoms with Crippen molar-refractivity contribution in [3.63, 3.8) is 0 Å². The molecule has 7 nitrogen and oxygen atoms in total. The zero-order chi connectivity index (χ0) is 27.5. The lowest BCUT2D eigenvalue weighted by Gasteiger charge is -2.41. The summed E-state index contributed by atoms with van der Waals surface area (Å²) in [6.07, 6.45) is 18.9. The number of rotatable bonds is 12. The molecule has 1 unspecified atom stereocenters. The summed E-state index contributed by atoms with van der Waals surface area (Å²) in [5, 5.41) is 5.76. The van der Waals surface area contributed by atoms with Crippen molar-refractivity contribution in [1.29, 1.82) is 0 Å². The van der Waals surface area contributed by atoms with Crippen LogP contribution in [-0.4, -0.2) is 34.9 Å². The van der Waals surface area contributed by atoms with Crippen LogP contribution in [0.4, 0.5) is 4.79 Å². The number of nitrogens with zero attached hydrogens (tertiary/aromatic N) is 2. The van der Waals surface area contributed by atoms with E-state index in [-0.39, 0.29) is 17.5 Å². The maximum Gasteiger partial charge on any atom is 0.315 e. The molecule has 1 aromatic carbocycles. The number of hydrogen-bond acceptors (Lipinski definition) is 4. The fourth-order valence-corrected chi connectivity index (χ4v) is 6.83. The largest absolute Gasteiger partial charge is 0.369 e. The second-order valence-corrected chi connectivity index (χ2v) is 12.4. The third kappa shape index (κ3) is 8.97. The maximum atomic E-state index is 13.6. The third-order valence-corrected chi connectivity index (χ3v) is 9.18. The molecule has 0 saturated heterocycles. The zero-order valence-electron chi connectivity index (χ0n) is 24.2. The van der Waals surface area contributed by atoms with Gasteiger partial charge in [0, 0.05) is 13.1 Å². The molecule has 1 heterocycles. The molecule has 7 heteroatoms. The van der Waals surface area contributed by atoms with Gasteiger partial charge in [0.05, 0.1) is 18.5 Å². The number of hydrogen-bond donors (Lipinski definition) is 3.